The quantitative estimate of drug-likeness (QED) is 0.807. The molecule has 21 heavy (non-hydrogen) atoms. The van der Waals surface area contributed by atoms with E-state index in [1.807, 2.05) is 23.9 Å². The van der Waals surface area contributed by atoms with Gasteiger partial charge in [0.15, 0.2) is 0 Å². The number of nitrogens with one attached hydrogen (secondary N) is 2. The van der Waals surface area contributed by atoms with Crippen LogP contribution in [0.15, 0.2) is 29.2 Å². The Labute approximate surface area is 132 Å². The molecule has 1 atom stereocenters. The highest BCUT2D eigenvalue weighted by Crippen LogP contribution is 2.37. The molecule has 0 saturated carbocycles. The van der Waals surface area contributed by atoms with E-state index in [4.69, 9.17) is 0 Å². The maximum absolute atomic E-state index is 12.3. The molecule has 1 saturated heterocycles. The Morgan fingerprint density at radius 3 is 2.57 bits per heavy atom. The Bertz CT molecular complexity index is 550. The van der Waals surface area contributed by atoms with Crippen molar-refractivity contribution in [3.8, 4) is 0 Å². The number of sulfonamides is 1. The molecule has 1 unspecified atom stereocenters. The Morgan fingerprint density at radius 2 is 2.00 bits per heavy atom. The Kier molecular flexibility index (Phi) is 5.57. The molecule has 2 rings (SSSR count). The van der Waals surface area contributed by atoms with E-state index in [9.17, 15) is 8.42 Å². The Hall–Kier alpha value is -0.720. The summed E-state index contributed by atoms with van der Waals surface area (Å²) in [5.74, 6) is 1.12. The molecule has 2 N–H and O–H groups in total. The van der Waals surface area contributed by atoms with Crippen LogP contribution in [0.25, 0.3) is 0 Å². The van der Waals surface area contributed by atoms with Crippen LogP contribution in [0.4, 0.5) is 5.69 Å². The first-order valence-electron chi connectivity index (χ1n) is 7.43. The molecule has 0 bridgehead atoms. The van der Waals surface area contributed by atoms with Crippen molar-refractivity contribution >= 4 is 27.5 Å². The second-order valence-electron chi connectivity index (χ2n) is 5.68. The van der Waals surface area contributed by atoms with Crippen LogP contribution in [-0.4, -0.2) is 32.0 Å². The zero-order valence-corrected chi connectivity index (χ0v) is 14.3. The van der Waals surface area contributed by atoms with Gasteiger partial charge >= 0.3 is 0 Å². The topological polar surface area (TPSA) is 58.2 Å². The van der Waals surface area contributed by atoms with Crippen molar-refractivity contribution in [3.05, 3.63) is 24.3 Å². The summed E-state index contributed by atoms with van der Waals surface area (Å²) in [6.07, 6.45) is 3.28. The highest BCUT2D eigenvalue weighted by atomic mass is 32.2. The lowest BCUT2D eigenvalue weighted by Gasteiger charge is -2.22. The molecule has 6 heteroatoms. The first kappa shape index (κ1) is 16.6. The van der Waals surface area contributed by atoms with E-state index in [2.05, 4.69) is 23.9 Å². The highest BCUT2D eigenvalue weighted by Gasteiger charge is 2.31. The molecule has 0 amide bonds. The maximum atomic E-state index is 12.3. The molecule has 4 nitrogen and oxygen atoms in total. The van der Waals surface area contributed by atoms with Crippen LogP contribution in [0, 0.1) is 0 Å². The summed E-state index contributed by atoms with van der Waals surface area (Å²) < 4.78 is 27.4. The van der Waals surface area contributed by atoms with Crippen LogP contribution >= 0.6 is 11.8 Å². The lowest BCUT2D eigenvalue weighted by Crippen LogP contribution is -2.36. The first-order chi connectivity index (χ1) is 9.95. The Balaban J connectivity index is 1.98. The maximum Gasteiger partial charge on any atom is 0.240 e. The van der Waals surface area contributed by atoms with Gasteiger partial charge < -0.3 is 5.32 Å². The molecule has 1 aliphatic rings. The van der Waals surface area contributed by atoms with Crippen molar-refractivity contribution in [1.29, 1.82) is 0 Å². The summed E-state index contributed by atoms with van der Waals surface area (Å²) in [5, 5.41) is 3.24. The minimum absolute atomic E-state index is 0.0374. The lowest BCUT2D eigenvalue weighted by atomic mass is 10.1. The minimum atomic E-state index is -3.41. The van der Waals surface area contributed by atoms with Gasteiger partial charge in [-0.3, -0.25) is 0 Å². The molecule has 0 spiro atoms. The second kappa shape index (κ2) is 7.03. The molecule has 0 aromatic heterocycles. The fourth-order valence-corrected chi connectivity index (χ4v) is 4.83. The number of thioether (sulfide) groups is 1. The summed E-state index contributed by atoms with van der Waals surface area (Å²) in [5.41, 5.74) is 0.953. The number of hydrogen-bond acceptors (Lipinski definition) is 4. The van der Waals surface area contributed by atoms with E-state index in [0.29, 0.717) is 11.4 Å². The molecule has 1 heterocycles. The highest BCUT2D eigenvalue weighted by molar-refractivity contribution is 8.01. The molecular weight excluding hydrogens is 304 g/mol. The number of hydrogen-bond donors (Lipinski definition) is 2. The molecule has 1 aliphatic heterocycles. The zero-order valence-electron chi connectivity index (χ0n) is 12.7. The van der Waals surface area contributed by atoms with Gasteiger partial charge in [-0.1, -0.05) is 6.92 Å². The predicted molar refractivity (Wildman–Crippen MR) is 90.5 cm³/mol. The van der Waals surface area contributed by atoms with Crippen molar-refractivity contribution in [3.63, 3.8) is 0 Å². The van der Waals surface area contributed by atoms with Crippen molar-refractivity contribution < 1.29 is 8.42 Å². The van der Waals surface area contributed by atoms with E-state index in [1.165, 1.54) is 6.42 Å². The molecule has 0 radical (unpaired) electrons. The van der Waals surface area contributed by atoms with Crippen LogP contribution in [0.3, 0.4) is 0 Å². The number of anilines is 1. The second-order valence-corrected chi connectivity index (χ2v) is 9.13. The third kappa shape index (κ3) is 4.63. The molecule has 0 aliphatic carbocycles. The van der Waals surface area contributed by atoms with E-state index < -0.39 is 10.0 Å². The lowest BCUT2D eigenvalue weighted by molar-refractivity contribution is 0.552. The molecule has 1 aromatic rings. The van der Waals surface area contributed by atoms with Gasteiger partial charge in [-0.25, -0.2) is 13.1 Å². The fourth-order valence-electron chi connectivity index (χ4n) is 2.33. The van der Waals surface area contributed by atoms with E-state index in [0.717, 1.165) is 30.8 Å². The van der Waals surface area contributed by atoms with E-state index in [1.54, 1.807) is 12.1 Å². The third-order valence-electron chi connectivity index (χ3n) is 3.68. The first-order valence-corrected chi connectivity index (χ1v) is 9.90. The fraction of sp³-hybridized carbons (Fsp3) is 0.600. The standard InChI is InChI=1S/C15H24N2O2S2/c1-3-10-16-13-5-7-14(8-6-13)21(18,19)17-12-15(2)9-4-11-20-15/h5-8,16-17H,3-4,9-12H2,1-2H3. The SMILES string of the molecule is CCCNc1ccc(S(=O)(=O)NCC2(C)CCCS2)cc1. The number of rotatable bonds is 7. The predicted octanol–water partition coefficient (Wildman–Crippen LogP) is 3.07. The van der Waals surface area contributed by atoms with Gasteiger partial charge in [-0.05, 0) is 56.2 Å². The average molecular weight is 329 g/mol. The summed E-state index contributed by atoms with van der Waals surface area (Å²) >= 11 is 1.86. The average Bonchev–Trinajstić information content (AvgIpc) is 2.91. The van der Waals surface area contributed by atoms with Crippen LogP contribution < -0.4 is 10.0 Å². The van der Waals surface area contributed by atoms with Crippen molar-refractivity contribution in [2.75, 3.05) is 24.2 Å². The molecular formula is C15H24N2O2S2. The van der Waals surface area contributed by atoms with Gasteiger partial charge in [0.25, 0.3) is 0 Å². The van der Waals surface area contributed by atoms with Gasteiger partial charge in [-0.15, -0.1) is 0 Å². The molecule has 1 fully saturated rings. The van der Waals surface area contributed by atoms with Crippen molar-refractivity contribution in [2.45, 2.75) is 42.8 Å². The summed E-state index contributed by atoms with van der Waals surface area (Å²) in [6.45, 7) is 5.61. The van der Waals surface area contributed by atoms with Crippen LogP contribution in [0.1, 0.15) is 33.1 Å². The van der Waals surface area contributed by atoms with Gasteiger partial charge in [0, 0.05) is 23.5 Å². The minimum Gasteiger partial charge on any atom is -0.385 e. The van der Waals surface area contributed by atoms with Crippen molar-refractivity contribution in [2.24, 2.45) is 0 Å². The monoisotopic (exact) mass is 328 g/mol. The van der Waals surface area contributed by atoms with Gasteiger partial charge in [0.2, 0.25) is 10.0 Å². The summed E-state index contributed by atoms with van der Waals surface area (Å²) in [4.78, 5) is 0.330. The van der Waals surface area contributed by atoms with Gasteiger partial charge in [0.1, 0.15) is 0 Å². The Morgan fingerprint density at radius 1 is 1.29 bits per heavy atom. The normalized spacial score (nSPS) is 22.4. The van der Waals surface area contributed by atoms with Crippen molar-refractivity contribution in [1.82, 2.24) is 4.72 Å². The van der Waals surface area contributed by atoms with Gasteiger partial charge in [-0.2, -0.15) is 11.8 Å². The largest absolute Gasteiger partial charge is 0.385 e. The summed E-state index contributed by atoms with van der Waals surface area (Å²) in [6, 6.07) is 6.95. The van der Waals surface area contributed by atoms with Crippen LogP contribution in [0.2, 0.25) is 0 Å². The molecule has 1 aromatic carbocycles. The smallest absolute Gasteiger partial charge is 0.240 e. The van der Waals surface area contributed by atoms with Gasteiger partial charge in [0.05, 0.1) is 4.90 Å². The van der Waals surface area contributed by atoms with Crippen LogP contribution in [-0.2, 0) is 10.0 Å². The number of benzene rings is 1. The van der Waals surface area contributed by atoms with E-state index in [-0.39, 0.29) is 4.75 Å². The molecule has 118 valence electrons. The zero-order chi connectivity index (χ0) is 15.3. The third-order valence-corrected chi connectivity index (χ3v) is 6.64. The summed E-state index contributed by atoms with van der Waals surface area (Å²) in [7, 11) is -3.41. The van der Waals surface area contributed by atoms with Crippen LogP contribution in [0.5, 0.6) is 0 Å². The van der Waals surface area contributed by atoms with E-state index >= 15 is 0 Å².